The molecule has 0 bridgehead atoms. The normalized spacial score (nSPS) is 11.6. The molecular formula is C46H29N3S. The van der Waals surface area contributed by atoms with Crippen LogP contribution >= 0.6 is 11.3 Å². The molecule has 10 rings (SSSR count). The Balaban J connectivity index is 1.20. The maximum absolute atomic E-state index is 5.22. The Morgan fingerprint density at radius 3 is 1.80 bits per heavy atom. The van der Waals surface area contributed by atoms with Crippen molar-refractivity contribution in [2.24, 2.45) is 0 Å². The highest BCUT2D eigenvalue weighted by Gasteiger charge is 2.19. The van der Waals surface area contributed by atoms with Crippen LogP contribution in [0.4, 0.5) is 0 Å². The number of rotatable bonds is 5. The number of nitrogens with zero attached hydrogens (tertiary/aromatic N) is 3. The first-order valence-corrected chi connectivity index (χ1v) is 17.6. The number of hydrogen-bond acceptors (Lipinski definition) is 3. The summed E-state index contributed by atoms with van der Waals surface area (Å²) in [6.07, 6.45) is 0. The summed E-state index contributed by atoms with van der Waals surface area (Å²) < 4.78 is 5.00. The molecule has 0 atom stereocenters. The molecule has 0 spiro atoms. The largest absolute Gasteiger partial charge is 0.309 e. The first-order valence-electron chi connectivity index (χ1n) is 16.8. The minimum Gasteiger partial charge on any atom is -0.309 e. The Labute approximate surface area is 293 Å². The zero-order valence-corrected chi connectivity index (χ0v) is 27.8. The van der Waals surface area contributed by atoms with Gasteiger partial charge in [0.15, 0.2) is 5.82 Å². The summed E-state index contributed by atoms with van der Waals surface area (Å²) in [7, 11) is 0. The second-order valence-corrected chi connectivity index (χ2v) is 13.7. The Bertz CT molecular complexity index is 2800. The van der Waals surface area contributed by atoms with Gasteiger partial charge in [-0.2, -0.15) is 0 Å². The molecule has 0 N–H and O–H groups in total. The molecule has 3 aromatic heterocycles. The topological polar surface area (TPSA) is 30.7 Å². The molecule has 0 radical (unpaired) electrons. The Hall–Kier alpha value is -6.36. The molecule has 7 aromatic carbocycles. The van der Waals surface area contributed by atoms with Crippen LogP contribution in [0.2, 0.25) is 0 Å². The lowest BCUT2D eigenvalue weighted by Crippen LogP contribution is -1.96. The third kappa shape index (κ3) is 4.73. The molecule has 0 saturated heterocycles. The SMILES string of the molecule is c1ccc(-c2ccc3sc4ccc(-n5c6ccccc6c6c(-c7cc(-c8ccccc8)nc(-c8ccccc8)n7)cccc65)cc4c3c2)cc1. The molecule has 0 aliphatic heterocycles. The van der Waals surface area contributed by atoms with Crippen molar-refractivity contribution in [1.29, 1.82) is 0 Å². The van der Waals surface area contributed by atoms with Gasteiger partial charge < -0.3 is 4.57 Å². The van der Waals surface area contributed by atoms with E-state index in [0.717, 1.165) is 39.3 Å². The molecule has 10 aromatic rings. The average Bonchev–Trinajstić information content (AvgIpc) is 3.74. The summed E-state index contributed by atoms with van der Waals surface area (Å²) in [6, 6.07) is 62.5. The quantitative estimate of drug-likeness (QED) is 0.185. The zero-order valence-electron chi connectivity index (χ0n) is 27.0. The maximum Gasteiger partial charge on any atom is 0.160 e. The van der Waals surface area contributed by atoms with Crippen molar-refractivity contribution in [3.63, 3.8) is 0 Å². The average molecular weight is 656 g/mol. The van der Waals surface area contributed by atoms with Gasteiger partial charge in [-0.05, 0) is 59.7 Å². The lowest BCUT2D eigenvalue weighted by Gasteiger charge is -2.11. The minimum atomic E-state index is 0.715. The number of benzene rings is 7. The Morgan fingerprint density at radius 2 is 1.02 bits per heavy atom. The molecule has 0 amide bonds. The van der Waals surface area contributed by atoms with Crippen LogP contribution in [0.25, 0.3) is 92.7 Å². The summed E-state index contributed by atoms with van der Waals surface area (Å²) in [5.41, 5.74) is 10.9. The fourth-order valence-corrected chi connectivity index (χ4v) is 8.35. The highest BCUT2D eigenvalue weighted by molar-refractivity contribution is 7.25. The first kappa shape index (κ1) is 28.6. The summed E-state index contributed by atoms with van der Waals surface area (Å²) >= 11 is 1.85. The number of thiophene rings is 1. The van der Waals surface area contributed by atoms with Gasteiger partial charge in [0.25, 0.3) is 0 Å². The first-order chi connectivity index (χ1) is 24.8. The predicted octanol–water partition coefficient (Wildman–Crippen LogP) is 12.6. The van der Waals surface area contributed by atoms with E-state index in [4.69, 9.17) is 9.97 Å². The van der Waals surface area contributed by atoms with E-state index in [0.29, 0.717) is 5.82 Å². The van der Waals surface area contributed by atoms with Crippen molar-refractivity contribution in [1.82, 2.24) is 14.5 Å². The van der Waals surface area contributed by atoms with Crippen molar-refractivity contribution in [2.75, 3.05) is 0 Å². The Morgan fingerprint density at radius 1 is 0.400 bits per heavy atom. The number of aromatic nitrogens is 3. The molecule has 3 nitrogen and oxygen atoms in total. The third-order valence-corrected chi connectivity index (χ3v) is 10.8. The summed E-state index contributed by atoms with van der Waals surface area (Å²) in [5, 5.41) is 4.94. The molecule has 3 heterocycles. The van der Waals surface area contributed by atoms with E-state index >= 15 is 0 Å². The molecule has 4 heteroatoms. The van der Waals surface area contributed by atoms with Crippen LogP contribution in [0.5, 0.6) is 0 Å². The lowest BCUT2D eigenvalue weighted by molar-refractivity contribution is 1.18. The molecule has 0 unspecified atom stereocenters. The van der Waals surface area contributed by atoms with Gasteiger partial charge in [-0.15, -0.1) is 11.3 Å². The van der Waals surface area contributed by atoms with E-state index in [1.54, 1.807) is 0 Å². The monoisotopic (exact) mass is 655 g/mol. The van der Waals surface area contributed by atoms with E-state index in [-0.39, 0.29) is 0 Å². The molecule has 234 valence electrons. The van der Waals surface area contributed by atoms with Gasteiger partial charge in [-0.1, -0.05) is 127 Å². The van der Waals surface area contributed by atoms with Gasteiger partial charge in [0, 0.05) is 53.3 Å². The van der Waals surface area contributed by atoms with Gasteiger partial charge in [-0.25, -0.2) is 9.97 Å². The minimum absolute atomic E-state index is 0.715. The molecule has 0 fully saturated rings. The number of para-hydroxylation sites is 1. The van der Waals surface area contributed by atoms with E-state index in [2.05, 4.69) is 156 Å². The standard InChI is InChI=1S/C46H29N3S/c1-4-13-30(14-5-1)33-23-25-43-37(27-33)38-28-34(24-26-44(38)50-43)49-41-21-11-10-19-36(41)45-35(20-12-22-42(45)49)40-29-39(31-15-6-2-7-16-31)47-46(48-40)32-17-8-3-9-18-32/h1-29H. The number of fused-ring (bicyclic) bond motifs is 6. The van der Waals surface area contributed by atoms with Crippen molar-refractivity contribution in [3.8, 4) is 50.7 Å². The molecular weight excluding hydrogens is 627 g/mol. The van der Waals surface area contributed by atoms with Crippen LogP contribution in [0.15, 0.2) is 176 Å². The summed E-state index contributed by atoms with van der Waals surface area (Å²) in [5.74, 6) is 0.715. The molecule has 0 aliphatic carbocycles. The second-order valence-electron chi connectivity index (χ2n) is 12.6. The van der Waals surface area contributed by atoms with Gasteiger partial charge in [0.1, 0.15) is 0 Å². The van der Waals surface area contributed by atoms with E-state index in [9.17, 15) is 0 Å². The lowest BCUT2D eigenvalue weighted by atomic mass is 10.0. The predicted molar refractivity (Wildman–Crippen MR) is 211 cm³/mol. The molecule has 0 saturated carbocycles. The third-order valence-electron chi connectivity index (χ3n) is 9.62. The fraction of sp³-hybridized carbons (Fsp3) is 0. The summed E-state index contributed by atoms with van der Waals surface area (Å²) in [6.45, 7) is 0. The van der Waals surface area contributed by atoms with Crippen molar-refractivity contribution >= 4 is 53.3 Å². The van der Waals surface area contributed by atoms with Crippen LogP contribution in [0.1, 0.15) is 0 Å². The molecule has 50 heavy (non-hydrogen) atoms. The van der Waals surface area contributed by atoms with Crippen molar-refractivity contribution in [2.45, 2.75) is 0 Å². The smallest absolute Gasteiger partial charge is 0.160 e. The van der Waals surface area contributed by atoms with E-state index < -0.39 is 0 Å². The Kier molecular flexibility index (Phi) is 6.68. The van der Waals surface area contributed by atoms with Gasteiger partial charge in [-0.3, -0.25) is 0 Å². The van der Waals surface area contributed by atoms with E-state index in [1.165, 1.54) is 47.6 Å². The van der Waals surface area contributed by atoms with Gasteiger partial charge >= 0.3 is 0 Å². The maximum atomic E-state index is 5.22. The highest BCUT2D eigenvalue weighted by Crippen LogP contribution is 2.42. The highest BCUT2D eigenvalue weighted by atomic mass is 32.1. The van der Waals surface area contributed by atoms with Crippen LogP contribution < -0.4 is 0 Å². The molecule has 0 aliphatic rings. The second kappa shape index (κ2) is 11.7. The van der Waals surface area contributed by atoms with Crippen LogP contribution in [-0.2, 0) is 0 Å². The van der Waals surface area contributed by atoms with Crippen LogP contribution in [0, 0.1) is 0 Å². The van der Waals surface area contributed by atoms with Crippen LogP contribution in [-0.4, -0.2) is 14.5 Å². The van der Waals surface area contributed by atoms with Gasteiger partial charge in [0.05, 0.1) is 22.4 Å². The fourth-order valence-electron chi connectivity index (χ4n) is 7.28. The van der Waals surface area contributed by atoms with Crippen molar-refractivity contribution < 1.29 is 0 Å². The number of hydrogen-bond donors (Lipinski definition) is 0. The zero-order chi connectivity index (χ0) is 33.0. The van der Waals surface area contributed by atoms with E-state index in [1.807, 2.05) is 35.6 Å². The van der Waals surface area contributed by atoms with Crippen LogP contribution in [0.3, 0.4) is 0 Å². The van der Waals surface area contributed by atoms with Gasteiger partial charge in [0.2, 0.25) is 0 Å². The summed E-state index contributed by atoms with van der Waals surface area (Å²) in [4.78, 5) is 10.3. The van der Waals surface area contributed by atoms with Crippen molar-refractivity contribution in [3.05, 3.63) is 176 Å².